The van der Waals surface area contributed by atoms with Crippen molar-refractivity contribution in [3.8, 4) is 0 Å². The van der Waals surface area contributed by atoms with Crippen molar-refractivity contribution < 1.29 is 0 Å². The van der Waals surface area contributed by atoms with E-state index in [-0.39, 0.29) is 6.04 Å². The summed E-state index contributed by atoms with van der Waals surface area (Å²) in [5, 5.41) is 0. The molecule has 0 aromatic heterocycles. The van der Waals surface area contributed by atoms with Crippen molar-refractivity contribution in [2.75, 3.05) is 19.0 Å². The normalized spacial score (nSPS) is 12.2. The predicted molar refractivity (Wildman–Crippen MR) is 81.1 cm³/mol. The van der Waals surface area contributed by atoms with Crippen LogP contribution in [0.3, 0.4) is 0 Å². The van der Waals surface area contributed by atoms with Gasteiger partial charge in [0, 0.05) is 19.8 Å². The van der Waals surface area contributed by atoms with Gasteiger partial charge in [0.05, 0.1) is 6.04 Å². The van der Waals surface area contributed by atoms with Gasteiger partial charge >= 0.3 is 0 Å². The first-order chi connectivity index (χ1) is 9.11. The molecule has 1 unspecified atom stereocenters. The molecule has 0 spiro atoms. The number of nitrogens with zero attached hydrogens (tertiary/aromatic N) is 1. The van der Waals surface area contributed by atoms with Crippen LogP contribution < -0.4 is 16.2 Å². The molecule has 0 aliphatic heterocycles. The van der Waals surface area contributed by atoms with Crippen LogP contribution in [0.2, 0.25) is 0 Å². The molecule has 0 saturated carbocycles. The smallest absolute Gasteiger partial charge is 0.0710 e. The molecule has 1 atom stereocenters. The summed E-state index contributed by atoms with van der Waals surface area (Å²) in [6, 6.07) is 16.9. The van der Waals surface area contributed by atoms with E-state index >= 15 is 0 Å². The second kappa shape index (κ2) is 5.87. The van der Waals surface area contributed by atoms with Gasteiger partial charge in [-0.3, -0.25) is 5.84 Å². The second-order valence-corrected chi connectivity index (χ2v) is 5.00. The maximum absolute atomic E-state index is 5.72. The van der Waals surface area contributed by atoms with Gasteiger partial charge in [0.15, 0.2) is 0 Å². The molecule has 100 valence electrons. The Kier molecular flexibility index (Phi) is 4.20. The Morgan fingerprint density at radius 1 is 1.00 bits per heavy atom. The minimum Gasteiger partial charge on any atom is -0.378 e. The zero-order valence-electron chi connectivity index (χ0n) is 11.7. The minimum absolute atomic E-state index is 0.0242. The highest BCUT2D eigenvalue weighted by molar-refractivity contribution is 5.47. The summed E-state index contributed by atoms with van der Waals surface area (Å²) >= 11 is 0. The van der Waals surface area contributed by atoms with Crippen LogP contribution in [-0.4, -0.2) is 14.1 Å². The van der Waals surface area contributed by atoms with E-state index in [9.17, 15) is 0 Å². The monoisotopic (exact) mass is 255 g/mol. The average molecular weight is 255 g/mol. The standard InChI is InChI=1S/C16H21N3/c1-12-5-4-6-14(11-12)16(18-17)13-7-9-15(10-8-13)19(2)3/h4-11,16,18H,17H2,1-3H3. The molecule has 19 heavy (non-hydrogen) atoms. The molecule has 0 aliphatic rings. The Balaban J connectivity index is 2.31. The van der Waals surface area contributed by atoms with Gasteiger partial charge in [-0.15, -0.1) is 0 Å². The van der Waals surface area contributed by atoms with Crippen molar-refractivity contribution in [1.29, 1.82) is 0 Å². The molecule has 2 aromatic carbocycles. The first-order valence-electron chi connectivity index (χ1n) is 6.42. The topological polar surface area (TPSA) is 41.3 Å². The van der Waals surface area contributed by atoms with Crippen molar-refractivity contribution in [3.05, 3.63) is 65.2 Å². The number of anilines is 1. The zero-order chi connectivity index (χ0) is 13.8. The van der Waals surface area contributed by atoms with Crippen LogP contribution in [0.15, 0.2) is 48.5 Å². The molecule has 2 aromatic rings. The molecule has 3 N–H and O–H groups in total. The molecule has 0 saturated heterocycles. The molecule has 0 amide bonds. The Morgan fingerprint density at radius 3 is 2.21 bits per heavy atom. The molecule has 0 radical (unpaired) electrons. The van der Waals surface area contributed by atoms with Crippen LogP contribution in [0.25, 0.3) is 0 Å². The van der Waals surface area contributed by atoms with E-state index in [0.717, 1.165) is 0 Å². The summed E-state index contributed by atoms with van der Waals surface area (Å²) in [7, 11) is 4.07. The zero-order valence-corrected chi connectivity index (χ0v) is 11.7. The lowest BCUT2D eigenvalue weighted by atomic mass is 9.98. The number of benzene rings is 2. The fourth-order valence-electron chi connectivity index (χ4n) is 2.20. The van der Waals surface area contributed by atoms with Crippen molar-refractivity contribution >= 4 is 5.69 Å². The molecule has 0 heterocycles. The van der Waals surface area contributed by atoms with Crippen LogP contribution in [0.4, 0.5) is 5.69 Å². The van der Waals surface area contributed by atoms with E-state index < -0.39 is 0 Å². The summed E-state index contributed by atoms with van der Waals surface area (Å²) in [4.78, 5) is 2.08. The molecule has 3 nitrogen and oxygen atoms in total. The largest absolute Gasteiger partial charge is 0.378 e. The van der Waals surface area contributed by atoms with E-state index in [2.05, 4.69) is 65.8 Å². The molecule has 0 bridgehead atoms. The summed E-state index contributed by atoms with van der Waals surface area (Å²) in [6.07, 6.45) is 0. The van der Waals surface area contributed by atoms with Gasteiger partial charge in [0.2, 0.25) is 0 Å². The molecular formula is C16H21N3. The van der Waals surface area contributed by atoms with Gasteiger partial charge in [-0.25, -0.2) is 5.43 Å². The van der Waals surface area contributed by atoms with E-state index in [1.807, 2.05) is 14.1 Å². The highest BCUT2D eigenvalue weighted by atomic mass is 15.2. The number of hydrogen-bond acceptors (Lipinski definition) is 3. The average Bonchev–Trinajstić information content (AvgIpc) is 2.40. The Labute approximate surface area is 115 Å². The summed E-state index contributed by atoms with van der Waals surface area (Å²) < 4.78 is 0. The third-order valence-corrected chi connectivity index (χ3v) is 3.28. The number of rotatable bonds is 4. The van der Waals surface area contributed by atoms with Gasteiger partial charge in [0.1, 0.15) is 0 Å². The van der Waals surface area contributed by atoms with Crippen LogP contribution in [-0.2, 0) is 0 Å². The highest BCUT2D eigenvalue weighted by Crippen LogP contribution is 2.24. The number of hydrogen-bond donors (Lipinski definition) is 2. The van der Waals surface area contributed by atoms with Gasteiger partial charge in [-0.2, -0.15) is 0 Å². The molecule has 3 heteroatoms. The first kappa shape index (κ1) is 13.6. The van der Waals surface area contributed by atoms with Gasteiger partial charge in [-0.1, -0.05) is 42.0 Å². The Bertz CT molecular complexity index is 532. The third kappa shape index (κ3) is 3.13. The SMILES string of the molecule is Cc1cccc(C(NN)c2ccc(N(C)C)cc2)c1. The second-order valence-electron chi connectivity index (χ2n) is 5.00. The Morgan fingerprint density at radius 2 is 1.68 bits per heavy atom. The first-order valence-corrected chi connectivity index (χ1v) is 6.42. The summed E-state index contributed by atoms with van der Waals surface area (Å²) in [5.41, 5.74) is 7.67. The van der Waals surface area contributed by atoms with Crippen molar-refractivity contribution in [1.82, 2.24) is 5.43 Å². The van der Waals surface area contributed by atoms with E-state index in [4.69, 9.17) is 5.84 Å². The predicted octanol–water partition coefficient (Wildman–Crippen LogP) is 2.61. The van der Waals surface area contributed by atoms with Crippen LogP contribution in [0, 0.1) is 6.92 Å². The lowest BCUT2D eigenvalue weighted by Crippen LogP contribution is -2.28. The quantitative estimate of drug-likeness (QED) is 0.652. The maximum atomic E-state index is 5.72. The number of aryl methyl sites for hydroxylation is 1. The minimum atomic E-state index is 0.0242. The maximum Gasteiger partial charge on any atom is 0.0710 e. The van der Waals surface area contributed by atoms with E-state index in [1.165, 1.54) is 22.4 Å². The van der Waals surface area contributed by atoms with Crippen LogP contribution >= 0.6 is 0 Å². The molecule has 0 aliphatic carbocycles. The number of hydrazine groups is 1. The lowest BCUT2D eigenvalue weighted by Gasteiger charge is -2.19. The highest BCUT2D eigenvalue weighted by Gasteiger charge is 2.12. The van der Waals surface area contributed by atoms with Gasteiger partial charge in [0.25, 0.3) is 0 Å². The molecule has 0 fully saturated rings. The fourth-order valence-corrected chi connectivity index (χ4v) is 2.20. The van der Waals surface area contributed by atoms with Crippen molar-refractivity contribution in [2.24, 2.45) is 5.84 Å². The molecular weight excluding hydrogens is 234 g/mol. The van der Waals surface area contributed by atoms with Crippen molar-refractivity contribution in [3.63, 3.8) is 0 Å². The third-order valence-electron chi connectivity index (χ3n) is 3.28. The lowest BCUT2D eigenvalue weighted by molar-refractivity contribution is 0.636. The number of nitrogens with two attached hydrogens (primary N) is 1. The fraction of sp³-hybridized carbons (Fsp3) is 0.250. The van der Waals surface area contributed by atoms with Crippen LogP contribution in [0.5, 0.6) is 0 Å². The van der Waals surface area contributed by atoms with Crippen LogP contribution in [0.1, 0.15) is 22.7 Å². The van der Waals surface area contributed by atoms with E-state index in [1.54, 1.807) is 0 Å². The van der Waals surface area contributed by atoms with Gasteiger partial charge in [-0.05, 0) is 30.2 Å². The van der Waals surface area contributed by atoms with Crippen molar-refractivity contribution in [2.45, 2.75) is 13.0 Å². The summed E-state index contributed by atoms with van der Waals surface area (Å²) in [6.45, 7) is 2.09. The molecule has 2 rings (SSSR count). The van der Waals surface area contributed by atoms with E-state index in [0.29, 0.717) is 0 Å². The number of nitrogens with one attached hydrogen (secondary N) is 1. The van der Waals surface area contributed by atoms with Gasteiger partial charge < -0.3 is 4.90 Å². The summed E-state index contributed by atoms with van der Waals surface area (Å²) in [5.74, 6) is 5.72. The Hall–Kier alpha value is -1.84.